The summed E-state index contributed by atoms with van der Waals surface area (Å²) in [6.45, 7) is 6.78. The number of rotatable bonds is 8. The van der Waals surface area contributed by atoms with Gasteiger partial charge in [-0.1, -0.05) is 51.3 Å². The lowest BCUT2D eigenvalue weighted by molar-refractivity contribution is 0.203. The summed E-state index contributed by atoms with van der Waals surface area (Å²) in [5.74, 6) is 1.85. The van der Waals surface area contributed by atoms with Crippen LogP contribution in [0.4, 0.5) is 0 Å². The molecular weight excluding hydrogens is 208 g/mol. The molecule has 0 N–H and O–H groups in total. The molecule has 2 atom stereocenters. The summed E-state index contributed by atoms with van der Waals surface area (Å²) in [6, 6.07) is 10.1. The summed E-state index contributed by atoms with van der Waals surface area (Å²) in [5.41, 5.74) is 0. The molecule has 0 saturated carbocycles. The Morgan fingerprint density at radius 3 is 2.35 bits per heavy atom. The van der Waals surface area contributed by atoms with Crippen LogP contribution in [0.2, 0.25) is 0 Å². The van der Waals surface area contributed by atoms with Crippen molar-refractivity contribution in [2.75, 3.05) is 0 Å². The van der Waals surface area contributed by atoms with Gasteiger partial charge >= 0.3 is 0 Å². The third kappa shape index (κ3) is 6.35. The minimum Gasteiger partial charge on any atom is -0.491 e. The van der Waals surface area contributed by atoms with E-state index in [0.717, 1.165) is 18.1 Å². The number of benzene rings is 1. The number of ether oxygens (including phenoxy) is 1. The molecule has 0 fully saturated rings. The highest BCUT2D eigenvalue weighted by Crippen LogP contribution is 2.17. The van der Waals surface area contributed by atoms with E-state index in [2.05, 4.69) is 20.8 Å². The second-order valence-corrected chi connectivity index (χ2v) is 5.07. The Kier molecular flexibility index (Phi) is 6.76. The lowest BCUT2D eigenvalue weighted by atomic mass is 9.98. The molecule has 0 aromatic heterocycles. The van der Waals surface area contributed by atoms with Gasteiger partial charge in [0, 0.05) is 0 Å². The van der Waals surface area contributed by atoms with Gasteiger partial charge in [0.15, 0.2) is 0 Å². The minimum absolute atomic E-state index is 0.325. The van der Waals surface area contributed by atoms with E-state index in [1.807, 2.05) is 30.3 Å². The van der Waals surface area contributed by atoms with Crippen LogP contribution in [0.3, 0.4) is 0 Å². The molecule has 17 heavy (non-hydrogen) atoms. The van der Waals surface area contributed by atoms with Crippen LogP contribution < -0.4 is 4.74 Å². The van der Waals surface area contributed by atoms with Crippen molar-refractivity contribution in [1.82, 2.24) is 0 Å². The van der Waals surface area contributed by atoms with Crippen molar-refractivity contribution in [3.63, 3.8) is 0 Å². The van der Waals surface area contributed by atoms with Gasteiger partial charge < -0.3 is 4.74 Å². The number of hydrogen-bond donors (Lipinski definition) is 0. The third-order valence-electron chi connectivity index (χ3n) is 3.17. The number of para-hydroxylation sites is 1. The van der Waals surface area contributed by atoms with Crippen LogP contribution in [0.1, 0.15) is 52.9 Å². The van der Waals surface area contributed by atoms with Crippen molar-refractivity contribution in [3.8, 4) is 5.75 Å². The van der Waals surface area contributed by atoms with E-state index in [1.54, 1.807) is 0 Å². The molecule has 1 aromatic rings. The Balaban J connectivity index is 2.15. The first-order valence-electron chi connectivity index (χ1n) is 6.94. The summed E-state index contributed by atoms with van der Waals surface area (Å²) in [5, 5.41) is 0. The second kappa shape index (κ2) is 8.16. The molecule has 96 valence electrons. The molecule has 2 unspecified atom stereocenters. The predicted octanol–water partition coefficient (Wildman–Crippen LogP) is 5.06. The molecule has 0 aliphatic carbocycles. The molecular formula is C16H26O. The van der Waals surface area contributed by atoms with Gasteiger partial charge in [0.2, 0.25) is 0 Å². The van der Waals surface area contributed by atoms with E-state index in [1.165, 1.54) is 25.7 Å². The maximum atomic E-state index is 5.86. The summed E-state index contributed by atoms with van der Waals surface area (Å²) >= 11 is 0. The van der Waals surface area contributed by atoms with Crippen molar-refractivity contribution < 1.29 is 4.74 Å². The highest BCUT2D eigenvalue weighted by Gasteiger charge is 2.06. The minimum atomic E-state index is 0.325. The van der Waals surface area contributed by atoms with Gasteiger partial charge in [0.1, 0.15) is 5.75 Å². The third-order valence-corrected chi connectivity index (χ3v) is 3.17. The molecule has 0 saturated heterocycles. The average Bonchev–Trinajstić information content (AvgIpc) is 2.30. The molecule has 0 bridgehead atoms. The van der Waals surface area contributed by atoms with Crippen molar-refractivity contribution in [3.05, 3.63) is 30.3 Å². The van der Waals surface area contributed by atoms with Crippen LogP contribution in [0.15, 0.2) is 30.3 Å². The Labute approximate surface area is 106 Å². The van der Waals surface area contributed by atoms with E-state index in [9.17, 15) is 0 Å². The fraction of sp³-hybridized carbons (Fsp3) is 0.625. The number of hydrogen-bond acceptors (Lipinski definition) is 1. The van der Waals surface area contributed by atoms with Gasteiger partial charge in [0.05, 0.1) is 6.10 Å². The predicted molar refractivity (Wildman–Crippen MR) is 74.5 cm³/mol. The zero-order valence-electron chi connectivity index (χ0n) is 11.5. The Hall–Kier alpha value is -0.980. The molecule has 0 amide bonds. The van der Waals surface area contributed by atoms with Crippen LogP contribution in [-0.4, -0.2) is 6.10 Å². The van der Waals surface area contributed by atoms with Gasteiger partial charge in [-0.2, -0.15) is 0 Å². The monoisotopic (exact) mass is 234 g/mol. The average molecular weight is 234 g/mol. The van der Waals surface area contributed by atoms with Crippen LogP contribution >= 0.6 is 0 Å². The van der Waals surface area contributed by atoms with E-state index >= 15 is 0 Å². The summed E-state index contributed by atoms with van der Waals surface area (Å²) in [7, 11) is 0. The Morgan fingerprint density at radius 1 is 1.00 bits per heavy atom. The van der Waals surface area contributed by atoms with Crippen LogP contribution in [0.25, 0.3) is 0 Å². The Bertz CT molecular complexity index is 281. The topological polar surface area (TPSA) is 9.23 Å². The second-order valence-electron chi connectivity index (χ2n) is 5.07. The fourth-order valence-electron chi connectivity index (χ4n) is 2.18. The van der Waals surface area contributed by atoms with E-state index in [0.29, 0.717) is 6.10 Å². The highest BCUT2D eigenvalue weighted by atomic mass is 16.5. The standard InChI is InChI=1S/C16H26O/c1-4-9-14(2)10-8-11-15(3)17-16-12-6-5-7-13-16/h5-7,12-15H,4,8-11H2,1-3H3. The van der Waals surface area contributed by atoms with Crippen molar-refractivity contribution in [2.24, 2.45) is 5.92 Å². The molecule has 1 rings (SSSR count). The summed E-state index contributed by atoms with van der Waals surface area (Å²) in [4.78, 5) is 0. The molecule has 1 heteroatoms. The van der Waals surface area contributed by atoms with Gasteiger partial charge in [-0.3, -0.25) is 0 Å². The van der Waals surface area contributed by atoms with Crippen molar-refractivity contribution in [1.29, 1.82) is 0 Å². The summed E-state index contributed by atoms with van der Waals surface area (Å²) < 4.78 is 5.86. The van der Waals surface area contributed by atoms with Gasteiger partial charge in [-0.25, -0.2) is 0 Å². The first-order valence-corrected chi connectivity index (χ1v) is 6.94. The fourth-order valence-corrected chi connectivity index (χ4v) is 2.18. The SMILES string of the molecule is CCCC(C)CCCC(C)Oc1ccccc1. The maximum Gasteiger partial charge on any atom is 0.119 e. The largest absolute Gasteiger partial charge is 0.491 e. The van der Waals surface area contributed by atoms with Gasteiger partial charge in [0.25, 0.3) is 0 Å². The molecule has 0 spiro atoms. The van der Waals surface area contributed by atoms with Gasteiger partial charge in [-0.05, 0) is 37.8 Å². The Morgan fingerprint density at radius 2 is 1.71 bits per heavy atom. The zero-order valence-corrected chi connectivity index (χ0v) is 11.5. The van der Waals surface area contributed by atoms with Crippen LogP contribution in [-0.2, 0) is 0 Å². The zero-order chi connectivity index (χ0) is 12.5. The summed E-state index contributed by atoms with van der Waals surface area (Å²) in [6.07, 6.45) is 6.74. The molecule has 0 radical (unpaired) electrons. The van der Waals surface area contributed by atoms with Gasteiger partial charge in [-0.15, -0.1) is 0 Å². The first-order chi connectivity index (χ1) is 8.22. The van der Waals surface area contributed by atoms with Crippen LogP contribution in [0, 0.1) is 5.92 Å². The van der Waals surface area contributed by atoms with E-state index in [4.69, 9.17) is 4.74 Å². The molecule has 1 nitrogen and oxygen atoms in total. The maximum absolute atomic E-state index is 5.86. The lowest BCUT2D eigenvalue weighted by Gasteiger charge is -2.16. The van der Waals surface area contributed by atoms with Crippen molar-refractivity contribution in [2.45, 2.75) is 59.0 Å². The van der Waals surface area contributed by atoms with E-state index < -0.39 is 0 Å². The molecule has 1 aromatic carbocycles. The van der Waals surface area contributed by atoms with Crippen LogP contribution in [0.5, 0.6) is 5.75 Å². The normalized spacial score (nSPS) is 14.3. The molecule has 0 aliphatic rings. The van der Waals surface area contributed by atoms with Crippen molar-refractivity contribution >= 4 is 0 Å². The lowest BCUT2D eigenvalue weighted by Crippen LogP contribution is -2.12. The molecule has 0 aliphatic heterocycles. The quantitative estimate of drug-likeness (QED) is 0.611. The van der Waals surface area contributed by atoms with E-state index in [-0.39, 0.29) is 0 Å². The highest BCUT2D eigenvalue weighted by molar-refractivity contribution is 5.21. The molecule has 0 heterocycles. The first kappa shape index (κ1) is 14.1. The smallest absolute Gasteiger partial charge is 0.119 e.